The molecule has 0 aliphatic heterocycles. The maximum Gasteiger partial charge on any atom is 0.269 e. The molecule has 0 aromatic heterocycles. The summed E-state index contributed by atoms with van der Waals surface area (Å²) >= 11 is 0. The van der Waals surface area contributed by atoms with E-state index in [-0.39, 0.29) is 23.7 Å². The Morgan fingerprint density at radius 1 is 1.18 bits per heavy atom. The Morgan fingerprint density at radius 3 is 2.24 bits per heavy atom. The summed E-state index contributed by atoms with van der Waals surface area (Å²) in [6.07, 6.45) is 0.348. The Morgan fingerprint density at radius 2 is 1.76 bits per heavy atom. The van der Waals surface area contributed by atoms with E-state index >= 15 is 0 Å². The molecule has 1 rings (SSSR count). The van der Waals surface area contributed by atoms with E-state index in [0.717, 1.165) is 5.56 Å². The summed E-state index contributed by atoms with van der Waals surface area (Å²) in [6.45, 7) is 0.114. The molecule has 0 bridgehead atoms. The van der Waals surface area contributed by atoms with Crippen LogP contribution in [0.3, 0.4) is 0 Å². The highest BCUT2D eigenvalue weighted by Gasteiger charge is 2.10. The average Bonchev–Trinajstić information content (AvgIpc) is 2.27. The smallest absolute Gasteiger partial charge is 0.269 e. The van der Waals surface area contributed by atoms with Gasteiger partial charge in [0, 0.05) is 18.7 Å². The first-order valence-electron chi connectivity index (χ1n) is 5.08. The van der Waals surface area contributed by atoms with Gasteiger partial charge >= 0.3 is 0 Å². The number of benzene rings is 1. The summed E-state index contributed by atoms with van der Waals surface area (Å²) in [6, 6.07) is 5.86. The Kier molecular flexibility index (Phi) is 4.59. The maximum atomic E-state index is 11.4. The van der Waals surface area contributed by atoms with Gasteiger partial charge in [0.05, 0.1) is 16.4 Å². The first-order valence-corrected chi connectivity index (χ1v) is 6.90. The molecule has 0 amide bonds. The van der Waals surface area contributed by atoms with Gasteiger partial charge in [-0.25, -0.2) is 8.42 Å². The lowest BCUT2D eigenvalue weighted by Crippen LogP contribution is -2.19. The molecule has 17 heavy (non-hydrogen) atoms. The number of hydrogen-bond donors (Lipinski definition) is 1. The van der Waals surface area contributed by atoms with Crippen molar-refractivity contribution in [3.63, 3.8) is 0 Å². The first kappa shape index (κ1) is 13.6. The first-order chi connectivity index (χ1) is 7.94. The van der Waals surface area contributed by atoms with Crippen LogP contribution in [0.4, 0.5) is 5.69 Å². The van der Waals surface area contributed by atoms with Crippen LogP contribution in [0.25, 0.3) is 0 Å². The molecule has 1 aromatic rings. The highest BCUT2D eigenvalue weighted by atomic mass is 32.2. The van der Waals surface area contributed by atoms with Crippen molar-refractivity contribution in [3.8, 4) is 0 Å². The molecule has 94 valence electrons. The normalized spacial score (nSPS) is 11.4. The van der Waals surface area contributed by atoms with Crippen LogP contribution < -0.4 is 5.73 Å². The fourth-order valence-electron chi connectivity index (χ4n) is 1.34. The fraction of sp³-hybridized carbons (Fsp3) is 0.400. The number of sulfone groups is 1. The lowest BCUT2D eigenvalue weighted by molar-refractivity contribution is -0.384. The predicted octanol–water partition coefficient (Wildman–Crippen LogP) is 0.511. The van der Waals surface area contributed by atoms with Crippen LogP contribution >= 0.6 is 0 Å². The number of nitro benzene ring substituents is 1. The third-order valence-corrected chi connectivity index (χ3v) is 3.96. The summed E-state index contributed by atoms with van der Waals surface area (Å²) in [5.41, 5.74) is 5.94. The van der Waals surface area contributed by atoms with Crippen molar-refractivity contribution in [1.29, 1.82) is 0 Å². The molecule has 2 N–H and O–H groups in total. The topological polar surface area (TPSA) is 103 Å². The number of nitrogens with zero attached hydrogens (tertiary/aromatic N) is 1. The molecule has 0 unspecified atom stereocenters. The van der Waals surface area contributed by atoms with Crippen LogP contribution in [0.2, 0.25) is 0 Å². The average molecular weight is 258 g/mol. The standard InChI is InChI=1S/C10H14N2O4S/c11-6-8-17(15,16)7-5-9-1-3-10(4-2-9)12(13)14/h1-4H,5-8,11H2. The summed E-state index contributed by atoms with van der Waals surface area (Å²) in [4.78, 5) is 9.92. The Hall–Kier alpha value is -1.47. The molecule has 0 spiro atoms. The van der Waals surface area contributed by atoms with Crippen LogP contribution in [0.15, 0.2) is 24.3 Å². The number of aryl methyl sites for hydroxylation is 1. The van der Waals surface area contributed by atoms with Crippen LogP contribution in [0, 0.1) is 10.1 Å². The van der Waals surface area contributed by atoms with Crippen molar-refractivity contribution in [2.75, 3.05) is 18.1 Å². The minimum absolute atomic E-state index is 0.00133. The molecule has 0 aliphatic carbocycles. The zero-order valence-electron chi connectivity index (χ0n) is 9.20. The van der Waals surface area contributed by atoms with Gasteiger partial charge in [0.15, 0.2) is 9.84 Å². The molecule has 0 saturated carbocycles. The van der Waals surface area contributed by atoms with Gasteiger partial charge in [-0.15, -0.1) is 0 Å². The van der Waals surface area contributed by atoms with Crippen molar-refractivity contribution in [3.05, 3.63) is 39.9 Å². The monoisotopic (exact) mass is 258 g/mol. The summed E-state index contributed by atoms with van der Waals surface area (Å²) in [5.74, 6) is -0.0119. The molecule has 0 fully saturated rings. The fourth-order valence-corrected chi connectivity index (χ4v) is 2.45. The van der Waals surface area contributed by atoms with Gasteiger partial charge in [-0.05, 0) is 12.0 Å². The summed E-state index contributed by atoms with van der Waals surface area (Å²) in [5, 5.41) is 10.4. The van der Waals surface area contributed by atoms with Gasteiger partial charge in [-0.1, -0.05) is 12.1 Å². The van der Waals surface area contributed by atoms with E-state index in [2.05, 4.69) is 0 Å². The van der Waals surface area contributed by atoms with E-state index in [4.69, 9.17) is 5.73 Å². The van der Waals surface area contributed by atoms with Crippen molar-refractivity contribution in [2.45, 2.75) is 6.42 Å². The highest BCUT2D eigenvalue weighted by molar-refractivity contribution is 7.91. The van der Waals surface area contributed by atoms with Crippen LogP contribution in [0.1, 0.15) is 5.56 Å². The minimum Gasteiger partial charge on any atom is -0.329 e. The molecule has 0 aliphatic rings. The molecule has 0 saturated heterocycles. The SMILES string of the molecule is NCCS(=O)(=O)CCc1ccc([N+](=O)[O-])cc1. The maximum absolute atomic E-state index is 11.4. The number of nitrogens with two attached hydrogens (primary N) is 1. The molecule has 1 aromatic carbocycles. The largest absolute Gasteiger partial charge is 0.329 e. The third kappa shape index (κ3) is 4.49. The van der Waals surface area contributed by atoms with E-state index in [1.54, 1.807) is 12.1 Å². The number of hydrogen-bond acceptors (Lipinski definition) is 5. The second kappa shape index (κ2) is 5.74. The van der Waals surface area contributed by atoms with E-state index in [1.165, 1.54) is 12.1 Å². The highest BCUT2D eigenvalue weighted by Crippen LogP contribution is 2.12. The molecular weight excluding hydrogens is 244 g/mol. The molecule has 0 atom stereocenters. The van der Waals surface area contributed by atoms with Crippen LogP contribution in [0.5, 0.6) is 0 Å². The van der Waals surface area contributed by atoms with E-state index in [1.807, 2.05) is 0 Å². The van der Waals surface area contributed by atoms with Gasteiger partial charge in [0.25, 0.3) is 5.69 Å². The number of rotatable bonds is 6. The third-order valence-electron chi connectivity index (χ3n) is 2.28. The van der Waals surface area contributed by atoms with Crippen molar-refractivity contribution >= 4 is 15.5 Å². The van der Waals surface area contributed by atoms with Gasteiger partial charge in [-0.3, -0.25) is 10.1 Å². The minimum atomic E-state index is -3.12. The quantitative estimate of drug-likeness (QED) is 0.591. The zero-order valence-corrected chi connectivity index (χ0v) is 10.0. The lowest BCUT2D eigenvalue weighted by atomic mass is 10.1. The van der Waals surface area contributed by atoms with Gasteiger partial charge in [0.2, 0.25) is 0 Å². The van der Waals surface area contributed by atoms with Crippen LogP contribution in [-0.2, 0) is 16.3 Å². The number of nitro groups is 1. The van der Waals surface area contributed by atoms with Gasteiger partial charge < -0.3 is 5.73 Å². The second-order valence-corrected chi connectivity index (χ2v) is 5.92. The Labute approximate surface area is 99.5 Å². The van der Waals surface area contributed by atoms with E-state index < -0.39 is 14.8 Å². The van der Waals surface area contributed by atoms with Crippen molar-refractivity contribution < 1.29 is 13.3 Å². The van der Waals surface area contributed by atoms with Crippen LogP contribution in [-0.4, -0.2) is 31.4 Å². The molecule has 0 radical (unpaired) electrons. The van der Waals surface area contributed by atoms with Crippen molar-refractivity contribution in [1.82, 2.24) is 0 Å². The van der Waals surface area contributed by atoms with E-state index in [9.17, 15) is 18.5 Å². The second-order valence-electron chi connectivity index (χ2n) is 3.61. The summed E-state index contributed by atoms with van der Waals surface area (Å²) < 4.78 is 22.8. The van der Waals surface area contributed by atoms with Gasteiger partial charge in [-0.2, -0.15) is 0 Å². The summed E-state index contributed by atoms with van der Waals surface area (Å²) in [7, 11) is -3.12. The van der Waals surface area contributed by atoms with E-state index in [0.29, 0.717) is 6.42 Å². The Balaban J connectivity index is 2.62. The zero-order chi connectivity index (χ0) is 12.9. The lowest BCUT2D eigenvalue weighted by Gasteiger charge is -2.02. The molecular formula is C10H14N2O4S. The molecule has 7 heteroatoms. The molecule has 0 heterocycles. The number of non-ortho nitro benzene ring substituents is 1. The van der Waals surface area contributed by atoms with Crippen molar-refractivity contribution in [2.24, 2.45) is 5.73 Å². The predicted molar refractivity (Wildman–Crippen MR) is 64.5 cm³/mol. The molecule has 6 nitrogen and oxygen atoms in total. The Bertz CT molecular complexity index is 482. The van der Waals surface area contributed by atoms with Gasteiger partial charge in [0.1, 0.15) is 0 Å².